The first-order valence-corrected chi connectivity index (χ1v) is 5.73. The number of hydrogen-bond donors (Lipinski definition) is 3. The zero-order valence-electron chi connectivity index (χ0n) is 11.0. The maximum Gasteiger partial charge on any atom is 0.315 e. The molecule has 4 amide bonds. The molecular formula is C11H17N3O5. The van der Waals surface area contributed by atoms with E-state index in [1.807, 2.05) is 0 Å². The number of hydrogen-bond acceptors (Lipinski definition) is 4. The average Bonchev–Trinajstić information content (AvgIpc) is 2.43. The number of amides is 4. The van der Waals surface area contributed by atoms with Gasteiger partial charge in [-0.1, -0.05) is 0 Å². The molecule has 1 aliphatic rings. The minimum atomic E-state index is -1.04. The molecule has 1 atom stereocenters. The third-order valence-corrected chi connectivity index (χ3v) is 2.73. The molecule has 0 aromatic heterocycles. The van der Waals surface area contributed by atoms with Crippen LogP contribution in [0.3, 0.4) is 0 Å². The van der Waals surface area contributed by atoms with E-state index in [4.69, 9.17) is 5.11 Å². The summed E-state index contributed by atoms with van der Waals surface area (Å²) in [6.07, 6.45) is -0.333. The van der Waals surface area contributed by atoms with Crippen molar-refractivity contribution in [3.63, 3.8) is 0 Å². The number of urea groups is 1. The standard InChI is InChI=1S/C11H17N3O5/c1-11(2,5-8(16)17)13-10(19)12-6-4-7(15)14(3)9(6)18/h6H,4-5H2,1-3H3,(H,16,17)(H2,12,13,19). The van der Waals surface area contributed by atoms with Crippen LogP contribution in [0.1, 0.15) is 26.7 Å². The van der Waals surface area contributed by atoms with Crippen LogP contribution >= 0.6 is 0 Å². The van der Waals surface area contributed by atoms with Gasteiger partial charge in [0, 0.05) is 12.6 Å². The molecular weight excluding hydrogens is 254 g/mol. The number of likely N-dealkylation sites (N-methyl/N-ethyl adjacent to an activating group) is 1. The molecule has 0 aromatic carbocycles. The summed E-state index contributed by atoms with van der Waals surface area (Å²) >= 11 is 0. The van der Waals surface area contributed by atoms with Gasteiger partial charge in [0.2, 0.25) is 5.91 Å². The number of carboxylic acid groups (broad SMARTS) is 1. The number of carbonyl (C=O) groups is 4. The fourth-order valence-electron chi connectivity index (χ4n) is 1.79. The van der Waals surface area contributed by atoms with Crippen molar-refractivity contribution in [1.29, 1.82) is 0 Å². The number of imide groups is 1. The second-order valence-electron chi connectivity index (χ2n) is 5.10. The van der Waals surface area contributed by atoms with Gasteiger partial charge in [0.05, 0.1) is 12.8 Å². The first kappa shape index (κ1) is 14.9. The summed E-state index contributed by atoms with van der Waals surface area (Å²) in [5, 5.41) is 13.5. The lowest BCUT2D eigenvalue weighted by Gasteiger charge is -2.25. The molecule has 0 saturated carbocycles. The van der Waals surface area contributed by atoms with Crippen LogP contribution < -0.4 is 10.6 Å². The number of nitrogens with one attached hydrogen (secondary N) is 2. The lowest BCUT2D eigenvalue weighted by Crippen LogP contribution is -2.53. The maximum atomic E-state index is 11.7. The second kappa shape index (κ2) is 5.25. The van der Waals surface area contributed by atoms with Crippen LogP contribution in [-0.4, -0.2) is 52.4 Å². The van der Waals surface area contributed by atoms with E-state index < -0.39 is 29.5 Å². The normalized spacial score (nSPS) is 19.5. The lowest BCUT2D eigenvalue weighted by atomic mass is 10.0. The fraction of sp³-hybridized carbons (Fsp3) is 0.636. The molecule has 1 unspecified atom stereocenters. The van der Waals surface area contributed by atoms with Crippen molar-refractivity contribution < 1.29 is 24.3 Å². The predicted octanol–water partition coefficient (Wildman–Crippen LogP) is -0.704. The molecule has 106 valence electrons. The molecule has 0 aromatic rings. The highest BCUT2D eigenvalue weighted by Crippen LogP contribution is 2.11. The van der Waals surface area contributed by atoms with Crippen molar-refractivity contribution >= 4 is 23.8 Å². The van der Waals surface area contributed by atoms with Crippen LogP contribution in [0.4, 0.5) is 4.79 Å². The molecule has 1 aliphatic heterocycles. The summed E-state index contributed by atoms with van der Waals surface area (Å²) in [6.45, 7) is 3.10. The summed E-state index contributed by atoms with van der Waals surface area (Å²) in [4.78, 5) is 46.0. The Kier molecular flexibility index (Phi) is 4.13. The van der Waals surface area contributed by atoms with Crippen molar-refractivity contribution in [3.05, 3.63) is 0 Å². The van der Waals surface area contributed by atoms with E-state index in [2.05, 4.69) is 10.6 Å². The van der Waals surface area contributed by atoms with Crippen molar-refractivity contribution in [2.24, 2.45) is 0 Å². The molecule has 8 nitrogen and oxygen atoms in total. The Morgan fingerprint density at radius 2 is 2.00 bits per heavy atom. The number of rotatable bonds is 4. The summed E-state index contributed by atoms with van der Waals surface area (Å²) < 4.78 is 0. The Hall–Kier alpha value is -2.12. The predicted molar refractivity (Wildman–Crippen MR) is 64.2 cm³/mol. The van der Waals surface area contributed by atoms with Crippen molar-refractivity contribution in [3.8, 4) is 0 Å². The van der Waals surface area contributed by atoms with Crippen LogP contribution in [0, 0.1) is 0 Å². The third kappa shape index (κ3) is 3.94. The fourth-order valence-corrected chi connectivity index (χ4v) is 1.79. The van der Waals surface area contributed by atoms with Crippen LogP contribution in [-0.2, 0) is 14.4 Å². The molecule has 1 rings (SSSR count). The number of carboxylic acids is 1. The first-order chi connectivity index (χ1) is 8.62. The van der Waals surface area contributed by atoms with Gasteiger partial charge in [-0.3, -0.25) is 19.3 Å². The third-order valence-electron chi connectivity index (χ3n) is 2.73. The summed E-state index contributed by atoms with van der Waals surface area (Å²) in [5.74, 6) is -1.88. The van der Waals surface area contributed by atoms with Gasteiger partial charge in [-0.2, -0.15) is 0 Å². The summed E-state index contributed by atoms with van der Waals surface area (Å²) in [7, 11) is 1.35. The molecule has 1 fully saturated rings. The topological polar surface area (TPSA) is 116 Å². The van der Waals surface area contributed by atoms with Gasteiger partial charge in [0.25, 0.3) is 5.91 Å². The van der Waals surface area contributed by atoms with Crippen LogP contribution in [0.15, 0.2) is 0 Å². The minimum Gasteiger partial charge on any atom is -0.481 e. The van der Waals surface area contributed by atoms with Gasteiger partial charge in [-0.05, 0) is 13.8 Å². The van der Waals surface area contributed by atoms with E-state index in [-0.39, 0.29) is 18.7 Å². The molecule has 0 radical (unpaired) electrons. The van der Waals surface area contributed by atoms with Crippen molar-refractivity contribution in [1.82, 2.24) is 15.5 Å². The Morgan fingerprint density at radius 3 is 2.42 bits per heavy atom. The van der Waals surface area contributed by atoms with Gasteiger partial charge in [-0.15, -0.1) is 0 Å². The average molecular weight is 271 g/mol. The van der Waals surface area contributed by atoms with E-state index in [0.29, 0.717) is 0 Å². The van der Waals surface area contributed by atoms with E-state index >= 15 is 0 Å². The molecule has 19 heavy (non-hydrogen) atoms. The maximum absolute atomic E-state index is 11.7. The summed E-state index contributed by atoms with van der Waals surface area (Å²) in [6, 6.07) is -1.56. The largest absolute Gasteiger partial charge is 0.481 e. The van der Waals surface area contributed by atoms with Gasteiger partial charge in [0.1, 0.15) is 6.04 Å². The van der Waals surface area contributed by atoms with Crippen molar-refractivity contribution in [2.75, 3.05) is 7.05 Å². The highest BCUT2D eigenvalue weighted by atomic mass is 16.4. The smallest absolute Gasteiger partial charge is 0.315 e. The Bertz CT molecular complexity index is 432. The Labute approximate surface area is 110 Å². The molecule has 1 heterocycles. The zero-order valence-corrected chi connectivity index (χ0v) is 11.0. The monoisotopic (exact) mass is 271 g/mol. The molecule has 3 N–H and O–H groups in total. The number of nitrogens with zero attached hydrogens (tertiary/aromatic N) is 1. The Morgan fingerprint density at radius 1 is 1.42 bits per heavy atom. The number of carbonyl (C=O) groups excluding carboxylic acids is 3. The zero-order chi connectivity index (χ0) is 14.8. The van der Waals surface area contributed by atoms with E-state index in [0.717, 1.165) is 4.90 Å². The van der Waals surface area contributed by atoms with E-state index in [1.165, 1.54) is 7.05 Å². The van der Waals surface area contributed by atoms with Gasteiger partial charge in [0.15, 0.2) is 0 Å². The quantitative estimate of drug-likeness (QED) is 0.584. The van der Waals surface area contributed by atoms with Crippen LogP contribution in [0.25, 0.3) is 0 Å². The SMILES string of the molecule is CN1C(=O)CC(NC(=O)NC(C)(C)CC(=O)O)C1=O. The van der Waals surface area contributed by atoms with Crippen molar-refractivity contribution in [2.45, 2.75) is 38.3 Å². The number of likely N-dealkylation sites (tertiary alicyclic amines) is 1. The van der Waals surface area contributed by atoms with E-state index in [1.54, 1.807) is 13.8 Å². The van der Waals surface area contributed by atoms with Gasteiger partial charge >= 0.3 is 12.0 Å². The molecule has 0 spiro atoms. The van der Waals surface area contributed by atoms with E-state index in [9.17, 15) is 19.2 Å². The number of aliphatic carboxylic acids is 1. The highest BCUT2D eigenvalue weighted by molar-refractivity contribution is 6.06. The minimum absolute atomic E-state index is 0.0812. The van der Waals surface area contributed by atoms with Crippen LogP contribution in [0.2, 0.25) is 0 Å². The Balaban J connectivity index is 2.55. The van der Waals surface area contributed by atoms with Gasteiger partial charge in [-0.25, -0.2) is 4.79 Å². The first-order valence-electron chi connectivity index (χ1n) is 5.73. The second-order valence-corrected chi connectivity index (χ2v) is 5.10. The molecule has 0 aliphatic carbocycles. The molecule has 0 bridgehead atoms. The molecule has 8 heteroatoms. The van der Waals surface area contributed by atoms with Gasteiger partial charge < -0.3 is 15.7 Å². The van der Waals surface area contributed by atoms with Crippen LogP contribution in [0.5, 0.6) is 0 Å². The molecule has 1 saturated heterocycles. The highest BCUT2D eigenvalue weighted by Gasteiger charge is 2.37. The lowest BCUT2D eigenvalue weighted by molar-refractivity contribution is -0.139. The summed E-state index contributed by atoms with van der Waals surface area (Å²) in [5.41, 5.74) is -0.951.